The summed E-state index contributed by atoms with van der Waals surface area (Å²) in [4.78, 5) is 23.1. The number of halogens is 1. The number of ether oxygens (including phenoxy) is 1. The third kappa shape index (κ3) is 3.69. The largest absolute Gasteiger partial charge is 0.450 e. The Kier molecular flexibility index (Phi) is 4.52. The van der Waals surface area contributed by atoms with E-state index in [0.717, 1.165) is 0 Å². The molecule has 0 saturated heterocycles. The molecule has 124 valence electrons. The maximum absolute atomic E-state index is 12.9. The molecule has 3 aromatic carbocycles. The fourth-order valence-electron chi connectivity index (χ4n) is 2.27. The zero-order valence-electron chi connectivity index (χ0n) is 12.9. The third-order valence-corrected chi connectivity index (χ3v) is 3.50. The molecule has 6 heteroatoms. The van der Waals surface area contributed by atoms with E-state index < -0.39 is 10.7 Å². The quantitative estimate of drug-likeness (QED) is 0.382. The molecule has 0 heterocycles. The van der Waals surface area contributed by atoms with Gasteiger partial charge in [0.05, 0.1) is 4.92 Å². The predicted molar refractivity (Wildman–Crippen MR) is 89.4 cm³/mol. The monoisotopic (exact) mass is 337 g/mol. The Bertz CT molecular complexity index is 924. The SMILES string of the molecule is O=C(c1ccccc1)c1ccc(Oc2ccc(F)cc2)c([N+](=O)[O-])c1. The van der Waals surface area contributed by atoms with Crippen molar-refractivity contribution in [3.63, 3.8) is 0 Å². The van der Waals surface area contributed by atoms with E-state index in [1.165, 1.54) is 42.5 Å². The van der Waals surface area contributed by atoms with Crippen LogP contribution in [-0.4, -0.2) is 10.7 Å². The lowest BCUT2D eigenvalue weighted by Gasteiger charge is -2.08. The van der Waals surface area contributed by atoms with Crippen LogP contribution in [0.4, 0.5) is 10.1 Å². The van der Waals surface area contributed by atoms with Crippen LogP contribution in [0.1, 0.15) is 15.9 Å². The number of carbonyl (C=O) groups excluding carboxylic acids is 1. The number of ketones is 1. The van der Waals surface area contributed by atoms with Crippen molar-refractivity contribution in [2.24, 2.45) is 0 Å². The maximum Gasteiger partial charge on any atom is 0.312 e. The topological polar surface area (TPSA) is 69.4 Å². The lowest BCUT2D eigenvalue weighted by atomic mass is 10.0. The van der Waals surface area contributed by atoms with Crippen molar-refractivity contribution in [2.45, 2.75) is 0 Å². The highest BCUT2D eigenvalue weighted by atomic mass is 19.1. The first-order chi connectivity index (χ1) is 12.0. The summed E-state index contributed by atoms with van der Waals surface area (Å²) in [5.41, 5.74) is 0.277. The van der Waals surface area contributed by atoms with Crippen LogP contribution in [0.25, 0.3) is 0 Å². The predicted octanol–water partition coefficient (Wildman–Crippen LogP) is 4.76. The molecule has 0 aliphatic rings. The smallest absolute Gasteiger partial charge is 0.312 e. The van der Waals surface area contributed by atoms with Crippen molar-refractivity contribution in [3.05, 3.63) is 99.9 Å². The zero-order valence-corrected chi connectivity index (χ0v) is 12.9. The van der Waals surface area contributed by atoms with E-state index in [9.17, 15) is 19.3 Å². The summed E-state index contributed by atoms with van der Waals surface area (Å²) in [5.74, 6) is -0.532. The summed E-state index contributed by atoms with van der Waals surface area (Å²) >= 11 is 0. The van der Waals surface area contributed by atoms with Crippen LogP contribution in [0.2, 0.25) is 0 Å². The van der Waals surface area contributed by atoms with Gasteiger partial charge in [-0.25, -0.2) is 4.39 Å². The minimum Gasteiger partial charge on any atom is -0.450 e. The fourth-order valence-corrected chi connectivity index (χ4v) is 2.27. The molecule has 0 aromatic heterocycles. The van der Waals surface area contributed by atoms with Crippen molar-refractivity contribution in [3.8, 4) is 11.5 Å². The highest BCUT2D eigenvalue weighted by Gasteiger charge is 2.20. The van der Waals surface area contributed by atoms with Crippen LogP contribution in [0.15, 0.2) is 72.8 Å². The molecule has 0 saturated carbocycles. The number of nitrogens with zero attached hydrogens (tertiary/aromatic N) is 1. The maximum atomic E-state index is 12.9. The van der Waals surface area contributed by atoms with E-state index in [4.69, 9.17) is 4.74 Å². The highest BCUT2D eigenvalue weighted by molar-refractivity contribution is 6.09. The number of hydrogen-bond donors (Lipinski definition) is 0. The molecule has 0 aliphatic heterocycles. The Morgan fingerprint density at radius 1 is 0.920 bits per heavy atom. The van der Waals surface area contributed by atoms with Crippen LogP contribution in [0, 0.1) is 15.9 Å². The van der Waals surface area contributed by atoms with E-state index in [1.807, 2.05) is 0 Å². The number of benzene rings is 3. The van der Waals surface area contributed by atoms with Gasteiger partial charge in [-0.15, -0.1) is 0 Å². The number of nitro groups is 1. The first-order valence-electron chi connectivity index (χ1n) is 7.36. The van der Waals surface area contributed by atoms with Gasteiger partial charge >= 0.3 is 5.69 Å². The normalized spacial score (nSPS) is 10.3. The van der Waals surface area contributed by atoms with Gasteiger partial charge in [0, 0.05) is 17.2 Å². The Hall–Kier alpha value is -3.54. The van der Waals surface area contributed by atoms with E-state index in [-0.39, 0.29) is 28.5 Å². The summed E-state index contributed by atoms with van der Waals surface area (Å²) in [6, 6.07) is 17.6. The number of carbonyl (C=O) groups is 1. The van der Waals surface area contributed by atoms with Gasteiger partial charge < -0.3 is 4.74 Å². The van der Waals surface area contributed by atoms with E-state index >= 15 is 0 Å². The van der Waals surface area contributed by atoms with Crippen molar-refractivity contribution >= 4 is 11.5 Å². The molecule has 5 nitrogen and oxygen atoms in total. The number of rotatable bonds is 5. The summed E-state index contributed by atoms with van der Waals surface area (Å²) in [6.07, 6.45) is 0. The van der Waals surface area contributed by atoms with Gasteiger partial charge in [0.25, 0.3) is 0 Å². The van der Waals surface area contributed by atoms with Gasteiger partial charge in [0.1, 0.15) is 11.6 Å². The molecular weight excluding hydrogens is 325 g/mol. The minimum absolute atomic E-state index is 0.0266. The molecule has 3 rings (SSSR count). The molecule has 3 aromatic rings. The minimum atomic E-state index is -0.624. The number of hydrogen-bond acceptors (Lipinski definition) is 4. The average Bonchev–Trinajstić information content (AvgIpc) is 2.64. The second kappa shape index (κ2) is 6.92. The molecule has 0 radical (unpaired) electrons. The lowest BCUT2D eigenvalue weighted by molar-refractivity contribution is -0.385. The second-order valence-electron chi connectivity index (χ2n) is 5.19. The molecule has 0 N–H and O–H groups in total. The fraction of sp³-hybridized carbons (Fsp3) is 0. The standard InChI is InChI=1S/C19H12FNO4/c20-15-7-9-16(10-8-15)25-18-11-6-14(12-17(18)21(23)24)19(22)13-4-2-1-3-5-13/h1-12H. The average molecular weight is 337 g/mol. The van der Waals surface area contributed by atoms with E-state index in [1.54, 1.807) is 30.3 Å². The van der Waals surface area contributed by atoms with Gasteiger partial charge in [-0.3, -0.25) is 14.9 Å². The van der Waals surface area contributed by atoms with Gasteiger partial charge in [0.2, 0.25) is 5.75 Å². The van der Waals surface area contributed by atoms with Gasteiger partial charge in [-0.1, -0.05) is 30.3 Å². The second-order valence-corrected chi connectivity index (χ2v) is 5.19. The van der Waals surface area contributed by atoms with Crippen molar-refractivity contribution in [1.29, 1.82) is 0 Å². The van der Waals surface area contributed by atoms with E-state index in [0.29, 0.717) is 5.56 Å². The lowest BCUT2D eigenvalue weighted by Crippen LogP contribution is -2.03. The number of nitro benzene ring substituents is 1. The van der Waals surface area contributed by atoms with Crippen LogP contribution >= 0.6 is 0 Å². The molecule has 0 aliphatic carbocycles. The Balaban J connectivity index is 1.94. The summed E-state index contributed by atoms with van der Waals surface area (Å²) in [5, 5.41) is 11.3. The highest BCUT2D eigenvalue weighted by Crippen LogP contribution is 2.32. The Morgan fingerprint density at radius 3 is 2.24 bits per heavy atom. The van der Waals surface area contributed by atoms with Crippen molar-refractivity contribution < 1.29 is 18.8 Å². The molecule has 0 amide bonds. The van der Waals surface area contributed by atoms with E-state index in [2.05, 4.69) is 0 Å². The molecular formula is C19H12FNO4. The van der Waals surface area contributed by atoms with Crippen LogP contribution in [-0.2, 0) is 0 Å². The van der Waals surface area contributed by atoms with Gasteiger partial charge in [-0.05, 0) is 36.4 Å². The molecule has 0 unspecified atom stereocenters. The first-order valence-corrected chi connectivity index (χ1v) is 7.36. The first kappa shape index (κ1) is 16.3. The summed E-state index contributed by atoms with van der Waals surface area (Å²) in [6.45, 7) is 0. The van der Waals surface area contributed by atoms with Crippen LogP contribution in [0.5, 0.6) is 11.5 Å². The zero-order chi connectivity index (χ0) is 17.8. The van der Waals surface area contributed by atoms with Gasteiger partial charge in [-0.2, -0.15) is 0 Å². The molecule has 25 heavy (non-hydrogen) atoms. The Morgan fingerprint density at radius 2 is 1.60 bits per heavy atom. The molecule has 0 spiro atoms. The Labute approximate surface area is 142 Å². The third-order valence-electron chi connectivity index (χ3n) is 3.50. The van der Waals surface area contributed by atoms with Crippen molar-refractivity contribution in [1.82, 2.24) is 0 Å². The van der Waals surface area contributed by atoms with Gasteiger partial charge in [0.15, 0.2) is 5.78 Å². The van der Waals surface area contributed by atoms with Crippen molar-refractivity contribution in [2.75, 3.05) is 0 Å². The molecule has 0 bridgehead atoms. The summed E-state index contributed by atoms with van der Waals surface area (Å²) in [7, 11) is 0. The molecule has 0 atom stereocenters. The van der Waals surface area contributed by atoms with Crippen LogP contribution < -0.4 is 4.74 Å². The summed E-state index contributed by atoms with van der Waals surface area (Å²) < 4.78 is 18.4. The van der Waals surface area contributed by atoms with Crippen LogP contribution in [0.3, 0.4) is 0 Å². The molecule has 0 fully saturated rings.